The molecule has 62 valence electrons. The van der Waals surface area contributed by atoms with Crippen LogP contribution < -0.4 is 5.73 Å². The second-order valence-electron chi connectivity index (χ2n) is 2.81. The van der Waals surface area contributed by atoms with Gasteiger partial charge in [-0.3, -0.25) is 0 Å². The van der Waals surface area contributed by atoms with E-state index in [9.17, 15) is 0 Å². The van der Waals surface area contributed by atoms with Crippen LogP contribution in [0.15, 0.2) is 0 Å². The molecule has 1 saturated heterocycles. The molecule has 2 N–H and O–H groups in total. The molecule has 0 aromatic carbocycles. The van der Waals surface area contributed by atoms with Crippen molar-refractivity contribution >= 4 is 24.2 Å². The van der Waals surface area contributed by atoms with E-state index in [1.807, 2.05) is 0 Å². The van der Waals surface area contributed by atoms with Gasteiger partial charge in [-0.2, -0.15) is 11.8 Å². The number of halogens is 1. The lowest BCUT2D eigenvalue weighted by molar-refractivity contribution is 0.471. The maximum Gasteiger partial charge on any atom is 0.00218 e. The summed E-state index contributed by atoms with van der Waals surface area (Å²) < 4.78 is 0. The number of hydrogen-bond acceptors (Lipinski definition) is 2. The smallest absolute Gasteiger partial charge is 0.00218 e. The molecule has 1 nitrogen and oxygen atoms in total. The zero-order valence-electron chi connectivity index (χ0n) is 6.38. The highest BCUT2D eigenvalue weighted by atomic mass is 35.5. The van der Waals surface area contributed by atoms with Crippen molar-refractivity contribution in [2.24, 2.45) is 11.7 Å². The molecule has 0 unspecified atom stereocenters. The lowest BCUT2D eigenvalue weighted by Gasteiger charge is -2.24. The van der Waals surface area contributed by atoms with Gasteiger partial charge in [-0.1, -0.05) is 6.92 Å². The summed E-state index contributed by atoms with van der Waals surface area (Å²) in [6, 6.07) is 0. The zero-order valence-corrected chi connectivity index (χ0v) is 8.01. The third-order valence-electron chi connectivity index (χ3n) is 1.93. The van der Waals surface area contributed by atoms with Crippen molar-refractivity contribution in [2.75, 3.05) is 12.3 Å². The molecule has 0 amide bonds. The highest BCUT2D eigenvalue weighted by Crippen LogP contribution is 2.28. The van der Waals surface area contributed by atoms with Crippen LogP contribution in [0, 0.1) is 5.92 Å². The normalized spacial score (nSPS) is 33.0. The summed E-state index contributed by atoms with van der Waals surface area (Å²) in [5.41, 5.74) is 5.56. The number of hydrogen-bond donors (Lipinski definition) is 1. The molecule has 0 bridgehead atoms. The molecule has 1 heterocycles. The van der Waals surface area contributed by atoms with Gasteiger partial charge < -0.3 is 5.73 Å². The van der Waals surface area contributed by atoms with Gasteiger partial charge in [0.05, 0.1) is 0 Å². The highest BCUT2D eigenvalue weighted by Gasteiger charge is 2.16. The largest absolute Gasteiger partial charge is 0.330 e. The fourth-order valence-corrected chi connectivity index (χ4v) is 2.59. The van der Waals surface area contributed by atoms with Gasteiger partial charge in [0.1, 0.15) is 0 Å². The molecule has 1 aliphatic heterocycles. The summed E-state index contributed by atoms with van der Waals surface area (Å²) in [7, 11) is 0. The van der Waals surface area contributed by atoms with E-state index in [1.165, 1.54) is 18.6 Å². The molecule has 3 heteroatoms. The molecule has 10 heavy (non-hydrogen) atoms. The van der Waals surface area contributed by atoms with Crippen LogP contribution in [-0.2, 0) is 0 Å². The molecular formula is C7H16ClNS. The average Bonchev–Trinajstić information content (AvgIpc) is 1.88. The van der Waals surface area contributed by atoms with Crippen LogP contribution in [0.2, 0.25) is 0 Å². The molecule has 0 spiro atoms. The Morgan fingerprint density at radius 2 is 2.30 bits per heavy atom. The summed E-state index contributed by atoms with van der Waals surface area (Å²) in [4.78, 5) is 0. The van der Waals surface area contributed by atoms with Crippen molar-refractivity contribution in [1.29, 1.82) is 0 Å². The highest BCUT2D eigenvalue weighted by molar-refractivity contribution is 7.99. The van der Waals surface area contributed by atoms with Crippen molar-refractivity contribution in [3.8, 4) is 0 Å². The Labute approximate surface area is 73.5 Å². The third-order valence-corrected chi connectivity index (χ3v) is 3.16. The Hall–Kier alpha value is 0.600. The van der Waals surface area contributed by atoms with Crippen molar-refractivity contribution in [3.63, 3.8) is 0 Å². The van der Waals surface area contributed by atoms with Crippen LogP contribution in [0.25, 0.3) is 0 Å². The second-order valence-corrected chi connectivity index (χ2v) is 4.35. The van der Waals surface area contributed by atoms with E-state index in [0.717, 1.165) is 17.7 Å². The van der Waals surface area contributed by atoms with Gasteiger partial charge in [0, 0.05) is 5.25 Å². The van der Waals surface area contributed by atoms with Crippen LogP contribution in [0.5, 0.6) is 0 Å². The molecule has 1 rings (SSSR count). The van der Waals surface area contributed by atoms with Gasteiger partial charge in [0.15, 0.2) is 0 Å². The summed E-state index contributed by atoms with van der Waals surface area (Å²) in [5.74, 6) is 2.14. The van der Waals surface area contributed by atoms with Crippen LogP contribution in [0.3, 0.4) is 0 Å². The molecule has 0 aromatic heterocycles. The minimum absolute atomic E-state index is 0. The lowest BCUT2D eigenvalue weighted by atomic mass is 10.0. The maximum atomic E-state index is 5.56. The van der Waals surface area contributed by atoms with Crippen molar-refractivity contribution in [3.05, 3.63) is 0 Å². The van der Waals surface area contributed by atoms with Crippen molar-refractivity contribution in [1.82, 2.24) is 0 Å². The fraction of sp³-hybridized carbons (Fsp3) is 1.00. The van der Waals surface area contributed by atoms with Crippen molar-refractivity contribution in [2.45, 2.75) is 25.0 Å². The van der Waals surface area contributed by atoms with Gasteiger partial charge >= 0.3 is 0 Å². The van der Waals surface area contributed by atoms with E-state index >= 15 is 0 Å². The SMILES string of the molecule is C[C@@H]1C[C@@H](CN)CCS1.Cl. The minimum atomic E-state index is 0. The van der Waals surface area contributed by atoms with E-state index in [1.54, 1.807) is 0 Å². The first kappa shape index (κ1) is 10.6. The van der Waals surface area contributed by atoms with Gasteiger partial charge in [-0.05, 0) is 31.1 Å². The number of thioether (sulfide) groups is 1. The van der Waals surface area contributed by atoms with E-state index in [0.29, 0.717) is 0 Å². The summed E-state index contributed by atoms with van der Waals surface area (Å²) in [6.07, 6.45) is 2.67. The summed E-state index contributed by atoms with van der Waals surface area (Å²) in [6.45, 7) is 3.19. The number of nitrogens with two attached hydrogens (primary N) is 1. The van der Waals surface area contributed by atoms with Crippen LogP contribution in [-0.4, -0.2) is 17.5 Å². The van der Waals surface area contributed by atoms with E-state index in [-0.39, 0.29) is 12.4 Å². The maximum absolute atomic E-state index is 5.56. The van der Waals surface area contributed by atoms with Gasteiger partial charge in [-0.15, -0.1) is 12.4 Å². The first-order valence-electron chi connectivity index (χ1n) is 3.64. The molecule has 1 aliphatic rings. The second kappa shape index (κ2) is 5.28. The Bertz CT molecular complexity index is 89.7. The van der Waals surface area contributed by atoms with Crippen molar-refractivity contribution < 1.29 is 0 Å². The Kier molecular flexibility index (Phi) is 5.59. The average molecular weight is 182 g/mol. The lowest BCUT2D eigenvalue weighted by Crippen LogP contribution is -2.22. The molecule has 0 radical (unpaired) electrons. The van der Waals surface area contributed by atoms with Gasteiger partial charge in [0.25, 0.3) is 0 Å². The minimum Gasteiger partial charge on any atom is -0.330 e. The summed E-state index contributed by atoms with van der Waals surface area (Å²) >= 11 is 2.08. The van der Waals surface area contributed by atoms with Crippen LogP contribution in [0.1, 0.15) is 19.8 Å². The van der Waals surface area contributed by atoms with Gasteiger partial charge in [0.2, 0.25) is 0 Å². The molecule has 1 fully saturated rings. The standard InChI is InChI=1S/C7H15NS.ClH/c1-6-4-7(5-8)2-3-9-6;/h6-7H,2-5,8H2,1H3;1H/t6-,7+;/m1./s1. The Morgan fingerprint density at radius 3 is 2.70 bits per heavy atom. The third kappa shape index (κ3) is 3.13. The molecular weight excluding hydrogens is 166 g/mol. The Balaban J connectivity index is 0.000000810. The molecule has 0 aliphatic carbocycles. The number of rotatable bonds is 1. The predicted molar refractivity (Wildman–Crippen MR) is 50.9 cm³/mol. The van der Waals surface area contributed by atoms with Crippen LogP contribution in [0.4, 0.5) is 0 Å². The fourth-order valence-electron chi connectivity index (χ4n) is 1.31. The van der Waals surface area contributed by atoms with Gasteiger partial charge in [-0.25, -0.2) is 0 Å². The monoisotopic (exact) mass is 181 g/mol. The molecule has 2 atom stereocenters. The Morgan fingerprint density at radius 1 is 1.60 bits per heavy atom. The van der Waals surface area contributed by atoms with E-state index in [4.69, 9.17) is 5.73 Å². The first-order chi connectivity index (χ1) is 4.33. The van der Waals surface area contributed by atoms with E-state index < -0.39 is 0 Å². The molecule has 0 saturated carbocycles. The molecule has 0 aromatic rings. The quantitative estimate of drug-likeness (QED) is 0.669. The summed E-state index contributed by atoms with van der Waals surface area (Å²) in [5, 5.41) is 0.854. The zero-order chi connectivity index (χ0) is 6.69. The topological polar surface area (TPSA) is 26.0 Å². The van der Waals surface area contributed by atoms with E-state index in [2.05, 4.69) is 18.7 Å². The predicted octanol–water partition coefficient (Wildman–Crippen LogP) is 1.90. The first-order valence-corrected chi connectivity index (χ1v) is 4.69. The van der Waals surface area contributed by atoms with Crippen LogP contribution >= 0.6 is 24.2 Å².